The zero-order valence-electron chi connectivity index (χ0n) is 14.5. The van der Waals surface area contributed by atoms with Crippen molar-refractivity contribution in [2.75, 3.05) is 0 Å². The summed E-state index contributed by atoms with van der Waals surface area (Å²) in [5.74, 6) is 0.221. The predicted molar refractivity (Wildman–Crippen MR) is 114 cm³/mol. The first-order valence-corrected chi connectivity index (χ1v) is 10.7. The van der Waals surface area contributed by atoms with Crippen LogP contribution in [0.3, 0.4) is 0 Å². The maximum atomic E-state index is 12.8. The molecule has 3 heterocycles. The maximum absolute atomic E-state index is 12.8. The number of benzene rings is 1. The van der Waals surface area contributed by atoms with Crippen molar-refractivity contribution in [3.05, 3.63) is 61.1 Å². The van der Waals surface area contributed by atoms with Gasteiger partial charge in [0.1, 0.15) is 27.5 Å². The average Bonchev–Trinajstić information content (AvgIpc) is 3.38. The third-order valence-corrected chi connectivity index (χ3v) is 6.80. The summed E-state index contributed by atoms with van der Waals surface area (Å²) in [5, 5.41) is 19.1. The molecule has 142 valence electrons. The van der Waals surface area contributed by atoms with Crippen molar-refractivity contribution in [2.45, 2.75) is 19.3 Å². The van der Waals surface area contributed by atoms with Crippen LogP contribution in [0.4, 0.5) is 0 Å². The van der Waals surface area contributed by atoms with Crippen LogP contribution in [-0.4, -0.2) is 21.0 Å². The summed E-state index contributed by atoms with van der Waals surface area (Å²) in [4.78, 5) is 13.3. The molecule has 0 radical (unpaired) electrons. The predicted octanol–water partition coefficient (Wildman–Crippen LogP) is 6.09. The van der Waals surface area contributed by atoms with Crippen LogP contribution in [-0.2, 0) is 11.2 Å². The Balaban J connectivity index is 1.61. The largest absolute Gasteiger partial charge is 0.457 e. The van der Waals surface area contributed by atoms with Gasteiger partial charge in [-0.2, -0.15) is 0 Å². The van der Waals surface area contributed by atoms with Crippen molar-refractivity contribution >= 4 is 63.2 Å². The molecule has 0 spiro atoms. The molecule has 4 rings (SSSR count). The minimum absolute atomic E-state index is 0.160. The smallest absolute Gasteiger partial charge is 0.186 e. The summed E-state index contributed by atoms with van der Waals surface area (Å²) >= 11 is 14.8. The highest BCUT2D eigenvalue weighted by Crippen LogP contribution is 2.42. The minimum Gasteiger partial charge on any atom is -0.457 e. The van der Waals surface area contributed by atoms with Crippen LogP contribution in [0.15, 0.2) is 39.7 Å². The van der Waals surface area contributed by atoms with Gasteiger partial charge in [-0.15, -0.1) is 21.5 Å². The molecule has 1 atom stereocenters. The molecular weight excluding hydrogens is 437 g/mol. The van der Waals surface area contributed by atoms with Crippen molar-refractivity contribution in [1.82, 2.24) is 10.2 Å². The van der Waals surface area contributed by atoms with E-state index in [2.05, 4.69) is 10.2 Å². The molecule has 0 aliphatic carbocycles. The molecule has 1 aliphatic heterocycles. The van der Waals surface area contributed by atoms with Gasteiger partial charge in [0.15, 0.2) is 5.78 Å². The van der Waals surface area contributed by atoms with Crippen LogP contribution < -0.4 is 0 Å². The van der Waals surface area contributed by atoms with Crippen molar-refractivity contribution in [1.29, 1.82) is 5.41 Å². The Hall–Kier alpha value is -1.93. The fourth-order valence-electron chi connectivity index (χ4n) is 2.73. The number of halogens is 2. The molecule has 3 aromatic rings. The molecule has 1 aromatic carbocycles. The number of carbonyl (C=O) groups excluding carboxylic acids is 1. The van der Waals surface area contributed by atoms with Crippen LogP contribution in [0.5, 0.6) is 0 Å². The summed E-state index contributed by atoms with van der Waals surface area (Å²) in [6, 6.07) is 8.66. The summed E-state index contributed by atoms with van der Waals surface area (Å²) in [7, 11) is 0. The minimum atomic E-state index is -0.675. The Morgan fingerprint density at radius 1 is 1.25 bits per heavy atom. The van der Waals surface area contributed by atoms with Crippen molar-refractivity contribution in [2.24, 2.45) is 0 Å². The van der Waals surface area contributed by atoms with Crippen molar-refractivity contribution < 1.29 is 9.21 Å². The van der Waals surface area contributed by atoms with Crippen LogP contribution in [0.1, 0.15) is 28.6 Å². The number of nitrogens with zero attached hydrogens (tertiary/aromatic N) is 2. The van der Waals surface area contributed by atoms with Gasteiger partial charge in [-0.05, 0) is 42.8 Å². The van der Waals surface area contributed by atoms with Gasteiger partial charge in [-0.3, -0.25) is 10.2 Å². The lowest BCUT2D eigenvalue weighted by Crippen LogP contribution is -2.11. The second-order valence-electron chi connectivity index (χ2n) is 5.99. The van der Waals surface area contributed by atoms with E-state index >= 15 is 0 Å². The lowest BCUT2D eigenvalue weighted by atomic mass is 10.1. The van der Waals surface area contributed by atoms with Gasteiger partial charge in [-0.1, -0.05) is 41.9 Å². The Morgan fingerprint density at radius 3 is 2.82 bits per heavy atom. The number of allylic oxidation sites excluding steroid dienone is 1. The molecule has 1 saturated heterocycles. The van der Waals surface area contributed by atoms with E-state index in [1.54, 1.807) is 36.4 Å². The van der Waals surface area contributed by atoms with Crippen molar-refractivity contribution in [3.8, 4) is 11.3 Å². The fraction of sp³-hybridized carbons (Fsp3) is 0.158. The number of nitrogens with one attached hydrogen (secondary N) is 1. The third kappa shape index (κ3) is 3.67. The van der Waals surface area contributed by atoms with Crippen LogP contribution in [0.2, 0.25) is 10.0 Å². The second-order valence-corrected chi connectivity index (χ2v) is 9.01. The molecular formula is C19H13Cl2N3O2S2. The van der Waals surface area contributed by atoms with E-state index in [4.69, 9.17) is 33.0 Å². The first-order valence-electron chi connectivity index (χ1n) is 8.36. The average molecular weight is 450 g/mol. The topological polar surface area (TPSA) is 79.8 Å². The number of Topliss-reactive ketones (excluding diaryl/α,β-unsaturated/α-hetero) is 1. The van der Waals surface area contributed by atoms with Crippen LogP contribution >= 0.6 is 46.3 Å². The lowest BCUT2D eigenvalue weighted by Gasteiger charge is -2.01. The number of rotatable bonds is 4. The Bertz CT molecular complexity index is 1120. The Labute approximate surface area is 179 Å². The summed E-state index contributed by atoms with van der Waals surface area (Å²) in [6.07, 6.45) is 2.40. The van der Waals surface area contributed by atoms with Crippen molar-refractivity contribution in [3.63, 3.8) is 0 Å². The molecule has 2 aromatic heterocycles. The van der Waals surface area contributed by atoms with E-state index in [1.807, 2.05) is 6.92 Å². The fourth-order valence-corrected chi connectivity index (χ4v) is 5.05. The number of furan rings is 1. The molecule has 0 saturated carbocycles. The molecule has 1 aliphatic rings. The van der Waals surface area contributed by atoms with E-state index in [-0.39, 0.29) is 10.8 Å². The molecule has 1 fully saturated rings. The molecule has 0 unspecified atom stereocenters. The first-order chi connectivity index (χ1) is 13.5. The Morgan fingerprint density at radius 2 is 2.07 bits per heavy atom. The first kappa shape index (κ1) is 19.4. The summed E-state index contributed by atoms with van der Waals surface area (Å²) in [6.45, 7) is 1.98. The number of ketones is 1. The SMILES string of the molecule is CCc1nnc([C@H]2C(=N)S/C(=C\c3ccc(-c4cc(Cl)ccc4Cl)o3)C2=O)s1. The zero-order valence-corrected chi connectivity index (χ0v) is 17.7. The van der Waals surface area contributed by atoms with Gasteiger partial charge < -0.3 is 4.42 Å². The molecule has 5 nitrogen and oxygen atoms in total. The standard InChI is InChI=1S/C19H13Cl2N3O2S2/c1-2-15-23-24-19(28-15)16-17(25)14(27-18(16)22)8-10-4-6-13(26-10)11-7-9(20)3-5-12(11)21/h3-8,16,22H,2H2,1H3/b14-8-,22-18?/t16-/m1/s1. The van der Waals surface area contributed by atoms with E-state index < -0.39 is 5.92 Å². The molecule has 9 heteroatoms. The number of hydrogen-bond donors (Lipinski definition) is 1. The molecule has 0 bridgehead atoms. The molecule has 1 N–H and O–H groups in total. The van der Waals surface area contributed by atoms with Gasteiger partial charge in [0.05, 0.1) is 15.0 Å². The van der Waals surface area contributed by atoms with Gasteiger partial charge in [0, 0.05) is 10.6 Å². The van der Waals surface area contributed by atoms with E-state index in [9.17, 15) is 4.79 Å². The van der Waals surface area contributed by atoms with Gasteiger partial charge in [0.25, 0.3) is 0 Å². The quantitative estimate of drug-likeness (QED) is 0.487. The monoisotopic (exact) mass is 449 g/mol. The number of aromatic nitrogens is 2. The van der Waals surface area contributed by atoms with Gasteiger partial charge in [-0.25, -0.2) is 0 Å². The lowest BCUT2D eigenvalue weighted by molar-refractivity contribution is -0.114. The summed E-state index contributed by atoms with van der Waals surface area (Å²) in [5.41, 5.74) is 0.677. The highest BCUT2D eigenvalue weighted by molar-refractivity contribution is 8.19. The molecule has 0 amide bonds. The number of aryl methyl sites for hydroxylation is 1. The molecule has 28 heavy (non-hydrogen) atoms. The van der Waals surface area contributed by atoms with Gasteiger partial charge >= 0.3 is 0 Å². The number of thioether (sulfide) groups is 1. The zero-order chi connectivity index (χ0) is 19.8. The van der Waals surface area contributed by atoms with Gasteiger partial charge in [0.2, 0.25) is 0 Å². The number of carbonyl (C=O) groups is 1. The second kappa shape index (κ2) is 7.83. The highest BCUT2D eigenvalue weighted by Gasteiger charge is 2.39. The number of hydrogen-bond acceptors (Lipinski definition) is 7. The van der Waals surface area contributed by atoms with E-state index in [1.165, 1.54) is 11.3 Å². The van der Waals surface area contributed by atoms with E-state index in [0.29, 0.717) is 37.0 Å². The highest BCUT2D eigenvalue weighted by atomic mass is 35.5. The third-order valence-electron chi connectivity index (χ3n) is 4.11. The Kier molecular flexibility index (Phi) is 5.42. The van der Waals surface area contributed by atoms with E-state index in [0.717, 1.165) is 23.2 Å². The summed E-state index contributed by atoms with van der Waals surface area (Å²) < 4.78 is 5.83. The normalized spacial score (nSPS) is 18.4. The van der Waals surface area contributed by atoms with Crippen LogP contribution in [0.25, 0.3) is 17.4 Å². The maximum Gasteiger partial charge on any atom is 0.186 e. The van der Waals surface area contributed by atoms with Crippen LogP contribution in [0, 0.1) is 5.41 Å².